The van der Waals surface area contributed by atoms with E-state index < -0.39 is 72.4 Å². The zero-order chi connectivity index (χ0) is 24.9. The van der Waals surface area contributed by atoms with E-state index in [0.717, 1.165) is 0 Å². The summed E-state index contributed by atoms with van der Waals surface area (Å²) < 4.78 is 0. The molecule has 32 heavy (non-hydrogen) atoms. The molecule has 0 radical (unpaired) electrons. The number of carboxylic acids is 6. The molecule has 0 saturated carbocycles. The molecule has 0 aromatic carbocycles. The van der Waals surface area contributed by atoms with E-state index in [2.05, 4.69) is 0 Å². The molecule has 0 heterocycles. The van der Waals surface area contributed by atoms with Gasteiger partial charge in [-0.25, -0.2) is 0 Å². The summed E-state index contributed by atoms with van der Waals surface area (Å²) in [7, 11) is 0. The number of carboxylic acid groups (broad SMARTS) is 6. The molecule has 0 fully saturated rings. The van der Waals surface area contributed by atoms with E-state index in [1.165, 1.54) is 0 Å². The van der Waals surface area contributed by atoms with Crippen molar-refractivity contribution < 1.29 is 167 Å². The van der Waals surface area contributed by atoms with E-state index in [1.54, 1.807) is 0 Å². The van der Waals surface area contributed by atoms with Crippen molar-refractivity contribution in [2.24, 2.45) is 0 Å². The molecular weight excluding hydrogens is 750 g/mol. The van der Waals surface area contributed by atoms with Gasteiger partial charge in [-0.2, -0.15) is 0 Å². The van der Waals surface area contributed by atoms with E-state index in [1.807, 2.05) is 0 Å². The van der Waals surface area contributed by atoms with Crippen LogP contribution in [0, 0.1) is 77.2 Å². The monoisotopic (exact) mass is 762 g/mol. The summed E-state index contributed by atoms with van der Waals surface area (Å²) in [4.78, 5) is 57.8. The number of aliphatic hydroxyl groups excluding tert-OH is 6. The van der Waals surface area contributed by atoms with E-state index in [0.29, 0.717) is 0 Å². The Morgan fingerprint density at radius 3 is 0.438 bits per heavy atom. The zero-order valence-electron chi connectivity index (χ0n) is 14.7. The summed E-state index contributed by atoms with van der Waals surface area (Å²) >= 11 is 0. The molecule has 6 atom stereocenters. The third kappa shape index (κ3) is 18.7. The van der Waals surface area contributed by atoms with E-state index in [-0.39, 0.29) is 77.2 Å². The van der Waals surface area contributed by atoms with Gasteiger partial charge in [0.2, 0.25) is 0 Å². The Hall–Kier alpha value is -0.849. The number of hydrogen-bond acceptors (Lipinski definition) is 18. The molecule has 0 saturated heterocycles. The van der Waals surface area contributed by atoms with Crippen LogP contribution in [0.2, 0.25) is 0 Å². The van der Waals surface area contributed by atoms with Crippen LogP contribution in [0.4, 0.5) is 0 Å². The predicted octanol–water partition coefficient (Wildman–Crippen LogP) is -14.4. The number of carbonyl (C=O) groups excluding carboxylic acids is 6. The summed E-state index contributed by atoms with van der Waals surface area (Å²) in [5, 5.41) is 107. The van der Waals surface area contributed by atoms with Gasteiger partial charge in [-0.15, -0.1) is 0 Å². The van der Waals surface area contributed by atoms with Crippen LogP contribution in [0.25, 0.3) is 0 Å². The van der Waals surface area contributed by atoms with E-state index in [9.17, 15) is 59.4 Å². The summed E-state index contributed by atoms with van der Waals surface area (Å²) in [5.41, 5.74) is 0. The first kappa shape index (κ1) is 41.4. The smallest absolute Gasteiger partial charge is 0.547 e. The normalized spacial score (nSPS) is 14.8. The van der Waals surface area contributed by atoms with Gasteiger partial charge in [0.25, 0.3) is 0 Å². The Kier molecular flexibility index (Phi) is 26.8. The average Bonchev–Trinajstić information content (AvgIpc) is 2.64. The number of rotatable bonds is 9. The Labute approximate surface area is 237 Å². The van der Waals surface area contributed by atoms with E-state index >= 15 is 0 Å². The Morgan fingerprint density at radius 2 is 0.406 bits per heavy atom. The van der Waals surface area contributed by atoms with Gasteiger partial charge in [-0.3, -0.25) is 0 Å². The van der Waals surface area contributed by atoms with Crippen LogP contribution >= 0.6 is 0 Å². The van der Waals surface area contributed by atoms with Crippen LogP contribution in [-0.4, -0.2) is 103 Å². The van der Waals surface area contributed by atoms with Gasteiger partial charge in [0.1, 0.15) is 36.6 Å². The van der Waals surface area contributed by atoms with Crippen LogP contribution in [0.3, 0.4) is 0 Å². The van der Waals surface area contributed by atoms with Crippen molar-refractivity contribution in [1.82, 2.24) is 0 Å². The molecule has 0 rings (SSSR count). The standard InChI is InChI=1S/3C4H6O6.2Tb/c3*5-1(3(7)8)2(6)4(9)10;;/h3*1-2,5-6H,(H,7,8)(H,9,10);;/q;;;2*+3/p-6. The van der Waals surface area contributed by atoms with Crippen LogP contribution in [0.1, 0.15) is 0 Å². The minimum atomic E-state index is -2.44. The summed E-state index contributed by atoms with van der Waals surface area (Å²) in [6.07, 6.45) is -14.6. The molecule has 0 aliphatic carbocycles. The van der Waals surface area contributed by atoms with Crippen molar-refractivity contribution >= 4 is 35.8 Å². The van der Waals surface area contributed by atoms with Gasteiger partial charge in [-0.05, 0) is 0 Å². The number of hydrogen-bond donors (Lipinski definition) is 6. The fourth-order valence-electron chi connectivity index (χ4n) is 0.773. The first-order valence-electron chi connectivity index (χ1n) is 6.73. The Balaban J connectivity index is -0.000000110. The molecule has 6 N–H and O–H groups in total. The quantitative estimate of drug-likeness (QED) is 0.127. The molecule has 0 amide bonds. The van der Waals surface area contributed by atoms with Crippen molar-refractivity contribution in [2.45, 2.75) is 36.6 Å². The maximum atomic E-state index is 9.63. The molecule has 20 heteroatoms. The fraction of sp³-hybridized carbons (Fsp3) is 0.500. The van der Waals surface area contributed by atoms with Crippen LogP contribution in [0.15, 0.2) is 0 Å². The molecule has 0 bridgehead atoms. The maximum Gasteiger partial charge on any atom is 3.00 e. The third-order valence-corrected chi connectivity index (χ3v) is 2.35. The third-order valence-electron chi connectivity index (χ3n) is 2.35. The van der Waals surface area contributed by atoms with Crippen molar-refractivity contribution in [2.75, 3.05) is 0 Å². The molecule has 0 spiro atoms. The molecule has 0 aliphatic rings. The molecule has 0 aromatic rings. The molecule has 0 aromatic heterocycles. The van der Waals surface area contributed by atoms with Gasteiger partial charge in [0, 0.05) is 0 Å². The number of aliphatic carboxylic acids is 6. The number of aliphatic hydroxyl groups is 6. The van der Waals surface area contributed by atoms with Crippen LogP contribution < -0.4 is 30.6 Å². The van der Waals surface area contributed by atoms with Gasteiger partial charge in [-0.1, -0.05) is 0 Å². The Morgan fingerprint density at radius 1 is 0.344 bits per heavy atom. The van der Waals surface area contributed by atoms with Crippen LogP contribution in [0.5, 0.6) is 0 Å². The first-order valence-corrected chi connectivity index (χ1v) is 6.73. The topological polar surface area (TPSA) is 362 Å². The predicted molar refractivity (Wildman–Crippen MR) is 66.1 cm³/mol. The summed E-state index contributed by atoms with van der Waals surface area (Å²) in [6, 6.07) is 0. The van der Waals surface area contributed by atoms with Crippen molar-refractivity contribution in [3.8, 4) is 0 Å². The van der Waals surface area contributed by atoms with Crippen LogP contribution in [-0.2, 0) is 28.8 Å². The van der Waals surface area contributed by atoms with E-state index in [4.69, 9.17) is 30.6 Å². The molecule has 6 unspecified atom stereocenters. The Bertz CT molecular complexity index is 498. The molecule has 18 nitrogen and oxygen atoms in total. The molecule has 186 valence electrons. The second-order valence-electron chi connectivity index (χ2n) is 4.58. The minimum Gasteiger partial charge on any atom is -0.547 e. The SMILES string of the molecule is O=C([O-])C(O)C(O)C(=O)[O-].O=C([O-])C(O)C(O)C(=O)[O-].O=C([O-])C(O)C(O)C(=O)[O-].[Tb+3].[Tb+3]. The van der Waals surface area contributed by atoms with Gasteiger partial charge in [0.05, 0.1) is 35.8 Å². The van der Waals surface area contributed by atoms with Crippen molar-refractivity contribution in [1.29, 1.82) is 0 Å². The molecule has 0 aliphatic heterocycles. The largest absolute Gasteiger partial charge is 3.00 e. The summed E-state index contributed by atoms with van der Waals surface area (Å²) in [5.74, 6) is -12.4. The molecular formula is C12H12O18Tb2. The minimum absolute atomic E-state index is 0. The maximum absolute atomic E-state index is 9.63. The second-order valence-corrected chi connectivity index (χ2v) is 4.58. The van der Waals surface area contributed by atoms with Gasteiger partial charge < -0.3 is 90.0 Å². The second kappa shape index (κ2) is 20.7. The van der Waals surface area contributed by atoms with Crippen molar-refractivity contribution in [3.63, 3.8) is 0 Å². The number of carbonyl (C=O) groups is 6. The fourth-order valence-corrected chi connectivity index (χ4v) is 0.773. The van der Waals surface area contributed by atoms with Gasteiger partial charge in [0.15, 0.2) is 0 Å². The van der Waals surface area contributed by atoms with Gasteiger partial charge >= 0.3 is 77.2 Å². The first-order chi connectivity index (χ1) is 13.4. The zero-order valence-corrected chi connectivity index (χ0v) is 19.0. The summed E-state index contributed by atoms with van der Waals surface area (Å²) in [6.45, 7) is 0. The van der Waals surface area contributed by atoms with Crippen molar-refractivity contribution in [3.05, 3.63) is 0 Å². The average molecular weight is 762 g/mol.